The second-order valence-corrected chi connectivity index (χ2v) is 6.68. The van der Waals surface area contributed by atoms with Crippen molar-refractivity contribution in [3.8, 4) is 0 Å². The lowest BCUT2D eigenvalue weighted by atomic mass is 10.00. The molecule has 0 N–H and O–H groups in total. The van der Waals surface area contributed by atoms with Gasteiger partial charge in [0.05, 0.1) is 5.60 Å². The average molecular weight is 273 g/mol. The lowest BCUT2D eigenvalue weighted by Crippen LogP contribution is -2.39. The minimum Gasteiger partial charge on any atom is -0.339 e. The highest BCUT2D eigenvalue weighted by Crippen LogP contribution is 2.69. The first kappa shape index (κ1) is 11.8. The predicted molar refractivity (Wildman–Crippen MR) is 67.2 cm³/mol. The van der Waals surface area contributed by atoms with E-state index >= 15 is 0 Å². The molecule has 2 aliphatic rings. The minimum absolute atomic E-state index is 0.384. The van der Waals surface area contributed by atoms with Crippen LogP contribution in [0.15, 0.2) is 30.3 Å². The minimum atomic E-state index is -0.833. The third-order valence-corrected chi connectivity index (χ3v) is 4.57. The molecular formula is C13H14Cl2O2. The van der Waals surface area contributed by atoms with Crippen molar-refractivity contribution in [3.05, 3.63) is 35.9 Å². The lowest BCUT2D eigenvalue weighted by molar-refractivity contribution is -0.0850. The fraction of sp³-hybridized carbons (Fsp3) is 0.538. The van der Waals surface area contributed by atoms with E-state index in [1.54, 1.807) is 0 Å². The van der Waals surface area contributed by atoms with Crippen molar-refractivity contribution in [2.24, 2.45) is 0 Å². The van der Waals surface area contributed by atoms with E-state index in [2.05, 4.69) is 0 Å². The van der Waals surface area contributed by atoms with Crippen LogP contribution in [0.4, 0.5) is 0 Å². The quantitative estimate of drug-likeness (QED) is 0.724. The maximum atomic E-state index is 6.20. The van der Waals surface area contributed by atoms with Crippen LogP contribution in [0.5, 0.6) is 0 Å². The molecule has 1 aliphatic carbocycles. The number of ether oxygens (including phenoxy) is 2. The summed E-state index contributed by atoms with van der Waals surface area (Å²) in [6.45, 7) is 3.95. The van der Waals surface area contributed by atoms with E-state index in [0.29, 0.717) is 6.42 Å². The molecule has 1 saturated heterocycles. The van der Waals surface area contributed by atoms with E-state index in [1.807, 2.05) is 44.2 Å². The normalized spacial score (nSPS) is 37.3. The third-order valence-electron chi connectivity index (χ3n) is 3.69. The van der Waals surface area contributed by atoms with Gasteiger partial charge >= 0.3 is 0 Å². The van der Waals surface area contributed by atoms with Crippen molar-refractivity contribution in [1.29, 1.82) is 0 Å². The Kier molecular flexibility index (Phi) is 2.35. The number of hydrogen-bond donors (Lipinski definition) is 0. The van der Waals surface area contributed by atoms with Gasteiger partial charge in [0.1, 0.15) is 5.60 Å². The van der Waals surface area contributed by atoms with Gasteiger partial charge in [0.15, 0.2) is 10.6 Å². The third kappa shape index (κ3) is 1.55. The van der Waals surface area contributed by atoms with Crippen LogP contribution in [0.25, 0.3) is 0 Å². The van der Waals surface area contributed by atoms with Crippen molar-refractivity contribution in [2.75, 3.05) is 0 Å². The topological polar surface area (TPSA) is 18.5 Å². The Hall–Kier alpha value is -0.280. The number of rotatable bonds is 1. The van der Waals surface area contributed by atoms with Gasteiger partial charge in [0, 0.05) is 12.0 Å². The number of alkyl halides is 2. The van der Waals surface area contributed by atoms with E-state index in [9.17, 15) is 0 Å². The van der Waals surface area contributed by atoms with Crippen LogP contribution in [0.1, 0.15) is 32.1 Å². The molecule has 4 heteroatoms. The predicted octanol–water partition coefficient (Wildman–Crippen LogP) is 3.83. The van der Waals surface area contributed by atoms with Crippen LogP contribution in [0.2, 0.25) is 0 Å². The molecule has 1 heterocycles. The first-order chi connectivity index (χ1) is 7.88. The van der Waals surface area contributed by atoms with Gasteiger partial charge in [-0.1, -0.05) is 53.5 Å². The van der Waals surface area contributed by atoms with E-state index < -0.39 is 15.5 Å². The molecule has 2 atom stereocenters. The number of benzene rings is 1. The van der Waals surface area contributed by atoms with E-state index in [-0.39, 0.29) is 6.29 Å². The molecule has 2 fully saturated rings. The Morgan fingerprint density at radius 1 is 1.12 bits per heavy atom. The molecule has 1 spiro atoms. The molecule has 1 aromatic carbocycles. The molecule has 2 unspecified atom stereocenters. The maximum absolute atomic E-state index is 6.20. The smallest absolute Gasteiger partial charge is 0.185 e. The molecular weight excluding hydrogens is 259 g/mol. The summed E-state index contributed by atoms with van der Waals surface area (Å²) in [5.74, 6) is 0. The first-order valence-corrected chi connectivity index (χ1v) is 6.42. The fourth-order valence-corrected chi connectivity index (χ4v) is 3.43. The summed E-state index contributed by atoms with van der Waals surface area (Å²) < 4.78 is 11.1. The summed E-state index contributed by atoms with van der Waals surface area (Å²) in [6.07, 6.45) is 0.227. The van der Waals surface area contributed by atoms with Crippen molar-refractivity contribution in [2.45, 2.75) is 42.1 Å². The van der Waals surface area contributed by atoms with Crippen molar-refractivity contribution in [1.82, 2.24) is 0 Å². The zero-order valence-corrected chi connectivity index (χ0v) is 11.3. The first-order valence-electron chi connectivity index (χ1n) is 5.66. The van der Waals surface area contributed by atoms with E-state index in [1.165, 1.54) is 0 Å². The average Bonchev–Trinajstić information content (AvgIpc) is 2.71. The van der Waals surface area contributed by atoms with Gasteiger partial charge in [-0.15, -0.1) is 0 Å². The zero-order valence-electron chi connectivity index (χ0n) is 9.74. The summed E-state index contributed by atoms with van der Waals surface area (Å²) in [5.41, 5.74) is -0.0610. The fourth-order valence-electron chi connectivity index (χ4n) is 2.51. The van der Waals surface area contributed by atoms with Crippen LogP contribution < -0.4 is 0 Å². The van der Waals surface area contributed by atoms with Crippen LogP contribution in [0.3, 0.4) is 0 Å². The SMILES string of the molecule is CC1(C)OC(c2ccccc2)OC12CC2(Cl)Cl. The van der Waals surface area contributed by atoms with E-state index in [4.69, 9.17) is 32.7 Å². The largest absolute Gasteiger partial charge is 0.339 e. The van der Waals surface area contributed by atoms with Crippen molar-refractivity contribution >= 4 is 23.2 Å². The molecule has 0 bridgehead atoms. The number of hydrogen-bond acceptors (Lipinski definition) is 2. The molecule has 92 valence electrons. The maximum Gasteiger partial charge on any atom is 0.185 e. The molecule has 3 rings (SSSR count). The molecule has 0 aromatic heterocycles. The van der Waals surface area contributed by atoms with Gasteiger partial charge in [-0.2, -0.15) is 0 Å². The van der Waals surface area contributed by atoms with Gasteiger partial charge in [0.25, 0.3) is 0 Å². The Morgan fingerprint density at radius 3 is 2.18 bits per heavy atom. The van der Waals surface area contributed by atoms with E-state index in [0.717, 1.165) is 5.56 Å². The highest BCUT2D eigenvalue weighted by Gasteiger charge is 2.79. The Morgan fingerprint density at radius 2 is 1.71 bits per heavy atom. The van der Waals surface area contributed by atoms with Gasteiger partial charge in [-0.25, -0.2) is 0 Å². The zero-order chi connectivity index (χ0) is 12.3. The molecule has 17 heavy (non-hydrogen) atoms. The summed E-state index contributed by atoms with van der Waals surface area (Å²) in [6, 6.07) is 9.84. The summed E-state index contributed by atoms with van der Waals surface area (Å²) in [4.78, 5) is 0. The van der Waals surface area contributed by atoms with Gasteiger partial charge < -0.3 is 9.47 Å². The van der Waals surface area contributed by atoms with Crippen LogP contribution >= 0.6 is 23.2 Å². The van der Waals surface area contributed by atoms with Crippen LogP contribution in [0, 0.1) is 0 Å². The van der Waals surface area contributed by atoms with Gasteiger partial charge in [-0.3, -0.25) is 0 Å². The highest BCUT2D eigenvalue weighted by atomic mass is 35.5. The Bertz CT molecular complexity index is 444. The van der Waals surface area contributed by atoms with Crippen LogP contribution in [-0.2, 0) is 9.47 Å². The summed E-state index contributed by atoms with van der Waals surface area (Å²) >= 11 is 12.4. The molecule has 1 aromatic rings. The lowest BCUT2D eigenvalue weighted by Gasteiger charge is -2.24. The second-order valence-electron chi connectivity index (χ2n) is 5.20. The molecule has 0 radical (unpaired) electrons. The molecule has 1 aliphatic heterocycles. The standard InChI is InChI=1S/C13H14Cl2O2/c1-11(2)12(8-13(12,14)15)17-10(16-11)9-6-4-3-5-7-9/h3-7,10H,8H2,1-2H3. The second kappa shape index (κ2) is 3.39. The van der Waals surface area contributed by atoms with Gasteiger partial charge in [-0.05, 0) is 13.8 Å². The van der Waals surface area contributed by atoms with Gasteiger partial charge in [0.2, 0.25) is 0 Å². The Balaban J connectivity index is 1.91. The highest BCUT2D eigenvalue weighted by molar-refractivity contribution is 6.52. The van der Waals surface area contributed by atoms with Crippen molar-refractivity contribution in [3.63, 3.8) is 0 Å². The summed E-state index contributed by atoms with van der Waals surface area (Å²) in [5, 5.41) is 0. The summed E-state index contributed by atoms with van der Waals surface area (Å²) in [7, 11) is 0. The molecule has 0 amide bonds. The molecule has 1 saturated carbocycles. The van der Waals surface area contributed by atoms with Crippen molar-refractivity contribution < 1.29 is 9.47 Å². The number of halogens is 2. The Labute approximate surface area is 111 Å². The monoisotopic (exact) mass is 272 g/mol. The molecule has 2 nitrogen and oxygen atoms in total. The van der Waals surface area contributed by atoms with Crippen LogP contribution in [-0.4, -0.2) is 15.5 Å².